The van der Waals surface area contributed by atoms with Gasteiger partial charge >= 0.3 is 0 Å². The summed E-state index contributed by atoms with van der Waals surface area (Å²) in [5.41, 5.74) is 0. The molecular formula is C28H39O9-. The number of rotatable bonds is 13. The Morgan fingerprint density at radius 3 is 2.46 bits per heavy atom. The van der Waals surface area contributed by atoms with Gasteiger partial charge in [-0.1, -0.05) is 24.3 Å². The molecule has 1 saturated carbocycles. The van der Waals surface area contributed by atoms with Crippen molar-refractivity contribution >= 4 is 5.97 Å². The highest BCUT2D eigenvalue weighted by Gasteiger charge is 2.45. The molecule has 1 N–H and O–H groups in total. The van der Waals surface area contributed by atoms with E-state index in [2.05, 4.69) is 0 Å². The minimum absolute atomic E-state index is 0.205. The van der Waals surface area contributed by atoms with Gasteiger partial charge in [-0.2, -0.15) is 0 Å². The van der Waals surface area contributed by atoms with Gasteiger partial charge < -0.3 is 43.4 Å². The number of allylic oxidation sites excluding steroid dienone is 1. The minimum Gasteiger partial charge on any atom is -0.545 e. The van der Waals surface area contributed by atoms with Crippen LogP contribution in [0, 0.1) is 5.92 Å². The molecule has 0 radical (unpaired) electrons. The maximum Gasteiger partial charge on any atom is 0.158 e. The number of aliphatic hydroxyl groups is 1. The molecule has 1 aromatic carbocycles. The Morgan fingerprint density at radius 1 is 1.05 bits per heavy atom. The average molecular weight is 520 g/mol. The summed E-state index contributed by atoms with van der Waals surface area (Å²) < 4.78 is 36.4. The second-order valence-corrected chi connectivity index (χ2v) is 9.87. The summed E-state index contributed by atoms with van der Waals surface area (Å²) in [5.74, 6) is -0.879. The minimum atomic E-state index is -1.27. The Labute approximate surface area is 218 Å². The predicted octanol–water partition coefficient (Wildman–Crippen LogP) is 2.35. The fourth-order valence-electron chi connectivity index (χ4n) is 5.12. The van der Waals surface area contributed by atoms with Gasteiger partial charge in [0, 0.05) is 25.6 Å². The van der Waals surface area contributed by atoms with Crippen LogP contribution in [-0.2, 0) is 28.5 Å². The third-order valence-electron chi connectivity index (χ3n) is 7.02. The maximum absolute atomic E-state index is 10.9. The summed E-state index contributed by atoms with van der Waals surface area (Å²) in [6.07, 6.45) is 6.27. The quantitative estimate of drug-likeness (QED) is 0.392. The van der Waals surface area contributed by atoms with Crippen molar-refractivity contribution < 1.29 is 43.4 Å². The van der Waals surface area contributed by atoms with Crippen LogP contribution in [0.4, 0.5) is 0 Å². The van der Waals surface area contributed by atoms with Crippen molar-refractivity contribution in [2.75, 3.05) is 26.4 Å². The Kier molecular flexibility index (Phi) is 11.2. The van der Waals surface area contributed by atoms with E-state index in [0.29, 0.717) is 26.1 Å². The van der Waals surface area contributed by atoms with Crippen molar-refractivity contribution in [3.05, 3.63) is 42.5 Å². The number of carboxylic acid groups (broad SMARTS) is 1. The Hall–Kier alpha value is -2.01. The van der Waals surface area contributed by atoms with E-state index in [1.54, 1.807) is 0 Å². The summed E-state index contributed by atoms with van der Waals surface area (Å²) in [7, 11) is 0. The fourth-order valence-corrected chi connectivity index (χ4v) is 5.12. The van der Waals surface area contributed by atoms with Crippen molar-refractivity contribution in [1.29, 1.82) is 0 Å². The monoisotopic (exact) mass is 519 g/mol. The summed E-state index contributed by atoms with van der Waals surface area (Å²) in [5, 5.41) is 21.7. The Morgan fingerprint density at radius 2 is 1.78 bits per heavy atom. The van der Waals surface area contributed by atoms with Crippen molar-refractivity contribution in [3.8, 4) is 5.75 Å². The van der Waals surface area contributed by atoms with Gasteiger partial charge in [-0.3, -0.25) is 0 Å². The van der Waals surface area contributed by atoms with Gasteiger partial charge in [0.2, 0.25) is 0 Å². The van der Waals surface area contributed by atoms with E-state index in [4.69, 9.17) is 28.4 Å². The zero-order chi connectivity index (χ0) is 25.9. The molecule has 0 aromatic heterocycles. The highest BCUT2D eigenvalue weighted by atomic mass is 16.7. The zero-order valence-corrected chi connectivity index (χ0v) is 21.3. The van der Waals surface area contributed by atoms with Crippen LogP contribution in [0.5, 0.6) is 5.75 Å². The van der Waals surface area contributed by atoms with Crippen molar-refractivity contribution in [3.63, 3.8) is 0 Å². The smallest absolute Gasteiger partial charge is 0.158 e. The molecular weight excluding hydrogens is 480 g/mol. The third kappa shape index (κ3) is 9.05. The van der Waals surface area contributed by atoms with Gasteiger partial charge in [-0.05, 0) is 63.2 Å². The topological polar surface area (TPSA) is 116 Å². The van der Waals surface area contributed by atoms with Gasteiger partial charge in [-0.15, -0.1) is 0 Å². The molecule has 3 aliphatic rings. The van der Waals surface area contributed by atoms with E-state index < -0.39 is 24.3 Å². The summed E-state index contributed by atoms with van der Waals surface area (Å²) in [6, 6.07) is 9.51. The molecule has 2 heterocycles. The van der Waals surface area contributed by atoms with E-state index >= 15 is 0 Å². The largest absolute Gasteiger partial charge is 0.545 e. The number of hydrogen-bond acceptors (Lipinski definition) is 9. The predicted molar refractivity (Wildman–Crippen MR) is 131 cm³/mol. The first-order valence-corrected chi connectivity index (χ1v) is 13.5. The zero-order valence-electron chi connectivity index (χ0n) is 21.3. The molecule has 2 aliphatic heterocycles. The first-order chi connectivity index (χ1) is 18.1. The number of carbonyl (C=O) groups excluding carboxylic acids is 1. The number of aliphatic hydroxyl groups excluding tert-OH is 1. The van der Waals surface area contributed by atoms with E-state index in [1.807, 2.05) is 30.3 Å². The van der Waals surface area contributed by atoms with E-state index in [0.717, 1.165) is 50.4 Å². The standard InChI is InChI=1S/C28H40O9/c29-23-17-24(37-27-14-5-7-16-33-27)28(22(23)11-8-12-25(30)31)35-19-21(36-26-13-4-6-15-32-26)18-34-20-9-2-1-3-10-20/h1-3,8-10,12,21-24,26-29H,4-7,11,13-19H2,(H,30,31)/p-1/b12-8+. The third-order valence-corrected chi connectivity index (χ3v) is 7.02. The fraction of sp³-hybridized carbons (Fsp3) is 0.679. The van der Waals surface area contributed by atoms with Crippen LogP contribution < -0.4 is 9.84 Å². The van der Waals surface area contributed by atoms with Crippen molar-refractivity contribution in [2.45, 2.75) is 88.4 Å². The molecule has 9 heteroatoms. The van der Waals surface area contributed by atoms with E-state index in [9.17, 15) is 15.0 Å². The Bertz CT molecular complexity index is 820. The number of ether oxygens (including phenoxy) is 6. The van der Waals surface area contributed by atoms with Gasteiger partial charge in [0.05, 0.1) is 30.9 Å². The average Bonchev–Trinajstić information content (AvgIpc) is 3.20. The lowest BCUT2D eigenvalue weighted by atomic mass is 9.98. The molecule has 0 spiro atoms. The molecule has 7 atom stereocenters. The van der Waals surface area contributed by atoms with Gasteiger partial charge in [-0.25, -0.2) is 0 Å². The Balaban J connectivity index is 1.42. The number of hydrogen-bond donors (Lipinski definition) is 1. The van der Waals surface area contributed by atoms with Crippen LogP contribution in [0.25, 0.3) is 0 Å². The van der Waals surface area contributed by atoms with Gasteiger partial charge in [0.15, 0.2) is 12.6 Å². The normalized spacial score (nSPS) is 31.4. The van der Waals surface area contributed by atoms with Crippen molar-refractivity contribution in [1.82, 2.24) is 0 Å². The molecule has 1 aliphatic carbocycles. The van der Waals surface area contributed by atoms with Crippen LogP contribution >= 0.6 is 0 Å². The number of benzene rings is 1. The van der Waals surface area contributed by atoms with Crippen LogP contribution in [0.2, 0.25) is 0 Å². The second-order valence-electron chi connectivity index (χ2n) is 9.87. The van der Waals surface area contributed by atoms with Crippen LogP contribution in [0.3, 0.4) is 0 Å². The number of carbonyl (C=O) groups is 1. The molecule has 37 heavy (non-hydrogen) atoms. The molecule has 9 nitrogen and oxygen atoms in total. The number of para-hydroxylation sites is 1. The lowest BCUT2D eigenvalue weighted by Crippen LogP contribution is -2.40. The SMILES string of the molecule is O=C([O-])/C=C/CC1C(O)CC(OC2CCCCO2)C1OCC(COc1ccccc1)OC1CCCCO1. The highest BCUT2D eigenvalue weighted by molar-refractivity contribution is 5.77. The summed E-state index contributed by atoms with van der Waals surface area (Å²) in [4.78, 5) is 10.9. The molecule has 0 amide bonds. The molecule has 0 bridgehead atoms. The summed E-state index contributed by atoms with van der Waals surface area (Å²) >= 11 is 0. The van der Waals surface area contributed by atoms with E-state index in [1.165, 1.54) is 6.08 Å². The molecule has 1 aromatic rings. The van der Waals surface area contributed by atoms with Gasteiger partial charge in [0.25, 0.3) is 0 Å². The van der Waals surface area contributed by atoms with Gasteiger partial charge in [0.1, 0.15) is 18.5 Å². The lowest BCUT2D eigenvalue weighted by Gasteiger charge is -2.32. The van der Waals surface area contributed by atoms with Crippen LogP contribution in [-0.4, -0.2) is 74.5 Å². The molecule has 7 unspecified atom stereocenters. The lowest BCUT2D eigenvalue weighted by molar-refractivity contribution is -0.297. The van der Waals surface area contributed by atoms with E-state index in [-0.39, 0.29) is 37.8 Å². The first kappa shape index (κ1) is 28.0. The second kappa shape index (κ2) is 14.8. The number of aliphatic carboxylic acids is 1. The van der Waals surface area contributed by atoms with Crippen LogP contribution in [0.15, 0.2) is 42.5 Å². The molecule has 3 fully saturated rings. The number of carboxylic acids is 1. The van der Waals surface area contributed by atoms with Crippen molar-refractivity contribution in [2.24, 2.45) is 5.92 Å². The first-order valence-electron chi connectivity index (χ1n) is 13.5. The highest BCUT2D eigenvalue weighted by Crippen LogP contribution is 2.36. The molecule has 2 saturated heterocycles. The molecule has 4 rings (SSSR count). The summed E-state index contributed by atoms with van der Waals surface area (Å²) in [6.45, 7) is 1.79. The van der Waals surface area contributed by atoms with Crippen LogP contribution in [0.1, 0.15) is 51.4 Å². The maximum atomic E-state index is 10.9. The molecule has 206 valence electrons.